The van der Waals surface area contributed by atoms with E-state index in [2.05, 4.69) is 18.7 Å². The van der Waals surface area contributed by atoms with Gasteiger partial charge in [0.2, 0.25) is 5.91 Å². The van der Waals surface area contributed by atoms with Crippen molar-refractivity contribution in [3.05, 3.63) is 0 Å². The first kappa shape index (κ1) is 15.7. The Morgan fingerprint density at radius 2 is 1.80 bits per heavy atom. The number of carbonyl (C=O) groups is 1. The van der Waals surface area contributed by atoms with Crippen LogP contribution in [0.1, 0.15) is 27.2 Å². The first-order chi connectivity index (χ1) is 9.54. The van der Waals surface area contributed by atoms with Crippen LogP contribution in [0.5, 0.6) is 0 Å². The molecular weight excluding hydrogens is 254 g/mol. The number of carbonyl (C=O) groups excluding carboxylic acids is 1. The second-order valence-electron chi connectivity index (χ2n) is 6.24. The maximum absolute atomic E-state index is 12.7. The monoisotopic (exact) mass is 283 g/mol. The highest BCUT2D eigenvalue weighted by Gasteiger charge is 2.43. The van der Waals surface area contributed by atoms with Crippen LogP contribution in [0, 0.1) is 11.8 Å². The van der Waals surface area contributed by atoms with E-state index in [-0.39, 0.29) is 24.0 Å². The number of nitrogens with two attached hydrogens (primary N) is 1. The van der Waals surface area contributed by atoms with Crippen LogP contribution in [0.4, 0.5) is 0 Å². The molecule has 2 fully saturated rings. The molecule has 2 aliphatic rings. The van der Waals surface area contributed by atoms with Crippen LogP contribution >= 0.6 is 0 Å². The number of amides is 1. The Morgan fingerprint density at radius 1 is 1.15 bits per heavy atom. The summed E-state index contributed by atoms with van der Waals surface area (Å²) in [6.07, 6.45) is 1.27. The molecule has 0 saturated carbocycles. The largest absolute Gasteiger partial charge is 0.374 e. The second-order valence-corrected chi connectivity index (χ2v) is 6.24. The first-order valence-electron chi connectivity index (χ1n) is 7.91. The summed E-state index contributed by atoms with van der Waals surface area (Å²) in [4.78, 5) is 17.1. The van der Waals surface area contributed by atoms with Crippen LogP contribution in [-0.4, -0.2) is 67.2 Å². The Hall–Kier alpha value is -0.650. The fraction of sp³-hybridized carbons (Fsp3) is 0.933. The van der Waals surface area contributed by atoms with Gasteiger partial charge in [0.1, 0.15) is 0 Å². The molecular formula is C15H29N3O2. The maximum Gasteiger partial charge on any atom is 0.228 e. The van der Waals surface area contributed by atoms with Crippen molar-refractivity contribution in [2.45, 2.75) is 39.4 Å². The van der Waals surface area contributed by atoms with Gasteiger partial charge in [0.25, 0.3) is 0 Å². The summed E-state index contributed by atoms with van der Waals surface area (Å²) in [5.74, 6) is 0.626. The molecule has 1 amide bonds. The van der Waals surface area contributed by atoms with Crippen molar-refractivity contribution >= 4 is 5.91 Å². The number of rotatable bonds is 4. The Morgan fingerprint density at radius 3 is 2.30 bits per heavy atom. The van der Waals surface area contributed by atoms with E-state index in [1.54, 1.807) is 0 Å². The van der Waals surface area contributed by atoms with Crippen molar-refractivity contribution < 1.29 is 9.53 Å². The van der Waals surface area contributed by atoms with E-state index in [9.17, 15) is 4.79 Å². The third-order valence-corrected chi connectivity index (χ3v) is 4.89. The van der Waals surface area contributed by atoms with Gasteiger partial charge in [-0.15, -0.1) is 0 Å². The standard InChI is InChI=1S/C15H29N3O2/c1-11-12(2)20-13(3)14(11)15(19)18-9-7-17(8-10-18)6-4-5-16/h11-14H,4-10,16H2,1-3H3. The molecule has 2 rings (SSSR count). The van der Waals surface area contributed by atoms with E-state index < -0.39 is 0 Å². The lowest BCUT2D eigenvalue weighted by Crippen LogP contribution is -2.52. The minimum absolute atomic E-state index is 0.0283. The summed E-state index contributed by atoms with van der Waals surface area (Å²) < 4.78 is 5.80. The van der Waals surface area contributed by atoms with E-state index in [0.29, 0.717) is 5.92 Å². The molecule has 0 aliphatic carbocycles. The Bertz CT molecular complexity index is 329. The van der Waals surface area contributed by atoms with Crippen LogP contribution in [0.3, 0.4) is 0 Å². The second kappa shape index (κ2) is 6.87. The quantitative estimate of drug-likeness (QED) is 0.818. The Kier molecular flexibility index (Phi) is 5.41. The molecule has 0 bridgehead atoms. The third kappa shape index (κ3) is 3.32. The Balaban J connectivity index is 1.85. The summed E-state index contributed by atoms with van der Waals surface area (Å²) in [6.45, 7) is 11.6. The highest BCUT2D eigenvalue weighted by Crippen LogP contribution is 2.33. The number of hydrogen-bond donors (Lipinski definition) is 1. The zero-order valence-electron chi connectivity index (χ0n) is 13.0. The van der Waals surface area contributed by atoms with Gasteiger partial charge in [-0.3, -0.25) is 9.69 Å². The number of ether oxygens (including phenoxy) is 1. The third-order valence-electron chi connectivity index (χ3n) is 4.89. The van der Waals surface area contributed by atoms with Gasteiger partial charge in [0.15, 0.2) is 0 Å². The average Bonchev–Trinajstić information content (AvgIpc) is 2.70. The van der Waals surface area contributed by atoms with Gasteiger partial charge >= 0.3 is 0 Å². The normalized spacial score (nSPS) is 35.5. The van der Waals surface area contributed by atoms with E-state index >= 15 is 0 Å². The number of piperazine rings is 1. The molecule has 2 saturated heterocycles. The lowest BCUT2D eigenvalue weighted by atomic mass is 9.88. The van der Waals surface area contributed by atoms with Crippen molar-refractivity contribution in [2.24, 2.45) is 17.6 Å². The van der Waals surface area contributed by atoms with Gasteiger partial charge in [0.05, 0.1) is 18.1 Å². The summed E-state index contributed by atoms with van der Waals surface area (Å²) in [6, 6.07) is 0. The predicted octanol–water partition coefficient (Wildman–Crippen LogP) is 0.539. The smallest absolute Gasteiger partial charge is 0.228 e. The van der Waals surface area contributed by atoms with E-state index in [4.69, 9.17) is 10.5 Å². The molecule has 2 N–H and O–H groups in total. The van der Waals surface area contributed by atoms with Crippen molar-refractivity contribution in [1.82, 2.24) is 9.80 Å². The predicted molar refractivity (Wildman–Crippen MR) is 79.4 cm³/mol. The van der Waals surface area contributed by atoms with Crippen LogP contribution in [0.2, 0.25) is 0 Å². The first-order valence-corrected chi connectivity index (χ1v) is 7.91. The molecule has 2 aliphatic heterocycles. The van der Waals surface area contributed by atoms with Crippen LogP contribution in [-0.2, 0) is 9.53 Å². The minimum Gasteiger partial charge on any atom is -0.374 e. The molecule has 5 nitrogen and oxygen atoms in total. The zero-order chi connectivity index (χ0) is 14.7. The summed E-state index contributed by atoms with van der Waals surface area (Å²) >= 11 is 0. The van der Waals surface area contributed by atoms with Crippen molar-refractivity contribution in [2.75, 3.05) is 39.3 Å². The maximum atomic E-state index is 12.7. The van der Waals surface area contributed by atoms with Crippen molar-refractivity contribution in [3.63, 3.8) is 0 Å². The van der Waals surface area contributed by atoms with E-state index in [1.165, 1.54) is 0 Å². The molecule has 0 radical (unpaired) electrons. The molecule has 5 heteroatoms. The number of hydrogen-bond acceptors (Lipinski definition) is 4. The fourth-order valence-electron chi connectivity index (χ4n) is 3.41. The molecule has 0 spiro atoms. The van der Waals surface area contributed by atoms with Gasteiger partial charge in [-0.05, 0) is 39.3 Å². The van der Waals surface area contributed by atoms with Gasteiger partial charge < -0.3 is 15.4 Å². The highest BCUT2D eigenvalue weighted by atomic mass is 16.5. The topological polar surface area (TPSA) is 58.8 Å². The highest BCUT2D eigenvalue weighted by molar-refractivity contribution is 5.80. The summed E-state index contributed by atoms with van der Waals surface area (Å²) in [7, 11) is 0. The Labute approximate surface area is 122 Å². The molecule has 0 aromatic carbocycles. The summed E-state index contributed by atoms with van der Waals surface area (Å²) in [5.41, 5.74) is 5.54. The molecule has 4 atom stereocenters. The molecule has 116 valence electrons. The molecule has 0 aromatic heterocycles. The van der Waals surface area contributed by atoms with Crippen LogP contribution in [0.15, 0.2) is 0 Å². The van der Waals surface area contributed by atoms with E-state index in [0.717, 1.165) is 45.7 Å². The lowest BCUT2D eigenvalue weighted by molar-refractivity contribution is -0.139. The lowest BCUT2D eigenvalue weighted by Gasteiger charge is -2.36. The summed E-state index contributed by atoms with van der Waals surface area (Å²) in [5, 5.41) is 0. The molecule has 4 unspecified atom stereocenters. The van der Waals surface area contributed by atoms with Crippen LogP contribution < -0.4 is 5.73 Å². The fourth-order valence-corrected chi connectivity index (χ4v) is 3.41. The van der Waals surface area contributed by atoms with Gasteiger partial charge in [0, 0.05) is 26.2 Å². The zero-order valence-corrected chi connectivity index (χ0v) is 13.0. The molecule has 20 heavy (non-hydrogen) atoms. The van der Waals surface area contributed by atoms with Crippen molar-refractivity contribution in [3.8, 4) is 0 Å². The SMILES string of the molecule is CC1OC(C)C(C(=O)N2CCN(CCCN)CC2)C1C. The molecule has 0 aromatic rings. The van der Waals surface area contributed by atoms with E-state index in [1.807, 2.05) is 11.8 Å². The van der Waals surface area contributed by atoms with Gasteiger partial charge in [-0.1, -0.05) is 6.92 Å². The van der Waals surface area contributed by atoms with Crippen LogP contribution in [0.25, 0.3) is 0 Å². The minimum atomic E-state index is 0.0283. The van der Waals surface area contributed by atoms with Gasteiger partial charge in [-0.2, -0.15) is 0 Å². The van der Waals surface area contributed by atoms with Gasteiger partial charge in [-0.25, -0.2) is 0 Å². The average molecular weight is 283 g/mol. The molecule has 2 heterocycles. The number of nitrogens with zero attached hydrogens (tertiary/aromatic N) is 2. The van der Waals surface area contributed by atoms with Crippen molar-refractivity contribution in [1.29, 1.82) is 0 Å².